The number of nitrogens with one attached hydrogen (secondary N) is 2. The second-order valence-electron chi connectivity index (χ2n) is 6.26. The van der Waals surface area contributed by atoms with E-state index in [4.69, 9.17) is 0 Å². The zero-order chi connectivity index (χ0) is 18.5. The molecule has 1 aromatic heterocycles. The number of aromatic amines is 1. The van der Waals surface area contributed by atoms with Gasteiger partial charge in [0.25, 0.3) is 0 Å². The maximum atomic E-state index is 12.2. The Kier molecular flexibility index (Phi) is 5.78. The van der Waals surface area contributed by atoms with Gasteiger partial charge >= 0.3 is 0 Å². The SMILES string of the molecule is CCc1ccccc1NC(=O)CSCc1cc(=O)c2ccc(C)cc2[nH]1. The molecule has 3 rings (SSSR count). The minimum absolute atomic E-state index is 0.00988. The molecule has 3 aromatic rings. The van der Waals surface area contributed by atoms with Gasteiger partial charge in [-0.15, -0.1) is 11.8 Å². The van der Waals surface area contributed by atoms with Crippen molar-refractivity contribution in [1.82, 2.24) is 4.98 Å². The zero-order valence-corrected chi connectivity index (χ0v) is 15.8. The van der Waals surface area contributed by atoms with E-state index in [1.165, 1.54) is 11.8 Å². The number of carbonyl (C=O) groups is 1. The van der Waals surface area contributed by atoms with Gasteiger partial charge < -0.3 is 10.3 Å². The van der Waals surface area contributed by atoms with Crippen molar-refractivity contribution in [2.45, 2.75) is 26.0 Å². The standard InChI is InChI=1S/C21H22N2O2S/c1-3-15-6-4-5-7-18(15)23-21(25)13-26-12-16-11-20(24)17-9-8-14(2)10-19(17)22-16/h4-11H,3,12-13H2,1-2H3,(H,22,24)(H,23,25). The van der Waals surface area contributed by atoms with Crippen molar-refractivity contribution in [3.8, 4) is 0 Å². The molecule has 1 heterocycles. The molecule has 2 N–H and O–H groups in total. The van der Waals surface area contributed by atoms with Gasteiger partial charge in [0.2, 0.25) is 5.91 Å². The molecule has 0 bridgehead atoms. The number of rotatable bonds is 6. The highest BCUT2D eigenvalue weighted by molar-refractivity contribution is 7.99. The van der Waals surface area contributed by atoms with Gasteiger partial charge in [0.1, 0.15) is 0 Å². The van der Waals surface area contributed by atoms with Crippen molar-refractivity contribution in [2.75, 3.05) is 11.1 Å². The second kappa shape index (κ2) is 8.23. The van der Waals surface area contributed by atoms with Crippen LogP contribution in [0, 0.1) is 6.92 Å². The highest BCUT2D eigenvalue weighted by atomic mass is 32.2. The van der Waals surface area contributed by atoms with Crippen molar-refractivity contribution < 1.29 is 4.79 Å². The third-order valence-corrected chi connectivity index (χ3v) is 5.19. The number of aromatic nitrogens is 1. The number of aryl methyl sites for hydroxylation is 2. The van der Waals surface area contributed by atoms with Crippen molar-refractivity contribution in [3.63, 3.8) is 0 Å². The van der Waals surface area contributed by atoms with Crippen LogP contribution in [0.2, 0.25) is 0 Å². The number of carbonyl (C=O) groups excluding carboxylic acids is 1. The summed E-state index contributed by atoms with van der Waals surface area (Å²) in [5, 5.41) is 3.66. The van der Waals surface area contributed by atoms with Crippen LogP contribution in [0.1, 0.15) is 23.7 Å². The summed E-state index contributed by atoms with van der Waals surface area (Å²) in [5.74, 6) is 0.892. The first kappa shape index (κ1) is 18.3. The first-order valence-corrected chi connectivity index (χ1v) is 9.80. The van der Waals surface area contributed by atoms with Gasteiger partial charge in [-0.1, -0.05) is 31.2 Å². The molecule has 26 heavy (non-hydrogen) atoms. The number of benzene rings is 2. The van der Waals surface area contributed by atoms with E-state index in [1.807, 2.05) is 49.4 Å². The zero-order valence-electron chi connectivity index (χ0n) is 15.0. The lowest BCUT2D eigenvalue weighted by atomic mass is 10.1. The van der Waals surface area contributed by atoms with Crippen molar-refractivity contribution >= 4 is 34.3 Å². The number of anilines is 1. The van der Waals surface area contributed by atoms with E-state index in [0.717, 1.165) is 34.4 Å². The number of hydrogen-bond acceptors (Lipinski definition) is 3. The monoisotopic (exact) mass is 366 g/mol. The van der Waals surface area contributed by atoms with Crippen LogP contribution in [0.15, 0.2) is 53.3 Å². The molecule has 0 saturated heterocycles. The maximum Gasteiger partial charge on any atom is 0.234 e. The van der Waals surface area contributed by atoms with Gasteiger partial charge in [-0.3, -0.25) is 9.59 Å². The number of H-pyrrole nitrogens is 1. The Balaban J connectivity index is 1.62. The van der Waals surface area contributed by atoms with E-state index in [0.29, 0.717) is 16.9 Å². The van der Waals surface area contributed by atoms with Crippen LogP contribution in [0.4, 0.5) is 5.69 Å². The Labute approximate surface area is 157 Å². The van der Waals surface area contributed by atoms with Crippen LogP contribution >= 0.6 is 11.8 Å². The second-order valence-corrected chi connectivity index (χ2v) is 7.25. The highest BCUT2D eigenvalue weighted by Gasteiger charge is 2.07. The Morgan fingerprint density at radius 3 is 2.77 bits per heavy atom. The molecular formula is C21H22N2O2S. The largest absolute Gasteiger partial charge is 0.357 e. The Hall–Kier alpha value is -2.53. The van der Waals surface area contributed by atoms with E-state index in [2.05, 4.69) is 17.2 Å². The van der Waals surface area contributed by atoms with Gasteiger partial charge in [-0.05, 0) is 42.7 Å². The molecule has 0 aliphatic carbocycles. The smallest absolute Gasteiger partial charge is 0.234 e. The van der Waals surface area contributed by atoms with E-state index in [-0.39, 0.29) is 11.3 Å². The van der Waals surface area contributed by atoms with Crippen LogP contribution in [0.3, 0.4) is 0 Å². The molecule has 4 nitrogen and oxygen atoms in total. The number of hydrogen-bond donors (Lipinski definition) is 2. The summed E-state index contributed by atoms with van der Waals surface area (Å²) >= 11 is 1.49. The lowest BCUT2D eigenvalue weighted by Crippen LogP contribution is -2.15. The summed E-state index contributed by atoms with van der Waals surface area (Å²) < 4.78 is 0. The fourth-order valence-corrected chi connectivity index (χ4v) is 3.62. The summed E-state index contributed by atoms with van der Waals surface area (Å²) in [6.45, 7) is 4.06. The summed E-state index contributed by atoms with van der Waals surface area (Å²) in [6.07, 6.45) is 0.876. The van der Waals surface area contributed by atoms with Crippen LogP contribution < -0.4 is 10.7 Å². The van der Waals surface area contributed by atoms with E-state index in [1.54, 1.807) is 6.07 Å². The van der Waals surface area contributed by atoms with Crippen LogP contribution in [-0.2, 0) is 17.0 Å². The molecular weight excluding hydrogens is 344 g/mol. The molecule has 2 aromatic carbocycles. The lowest BCUT2D eigenvalue weighted by Gasteiger charge is -2.09. The fourth-order valence-electron chi connectivity index (χ4n) is 2.89. The molecule has 0 spiro atoms. The first-order chi connectivity index (χ1) is 12.6. The average Bonchev–Trinajstić information content (AvgIpc) is 2.61. The van der Waals surface area contributed by atoms with Gasteiger partial charge in [-0.25, -0.2) is 0 Å². The third kappa shape index (κ3) is 4.35. The summed E-state index contributed by atoms with van der Waals surface area (Å²) in [4.78, 5) is 27.7. The van der Waals surface area contributed by atoms with E-state index in [9.17, 15) is 9.59 Å². The molecule has 0 aliphatic rings. The van der Waals surface area contributed by atoms with E-state index < -0.39 is 0 Å². The van der Waals surface area contributed by atoms with Crippen molar-refractivity contribution in [1.29, 1.82) is 0 Å². The molecule has 134 valence electrons. The van der Waals surface area contributed by atoms with Crippen molar-refractivity contribution in [3.05, 3.63) is 75.6 Å². The Morgan fingerprint density at radius 2 is 1.96 bits per heavy atom. The van der Waals surface area contributed by atoms with Gasteiger partial charge in [0.05, 0.1) is 5.75 Å². The number of pyridine rings is 1. The highest BCUT2D eigenvalue weighted by Crippen LogP contribution is 2.17. The van der Waals surface area contributed by atoms with Gasteiger partial charge in [0.15, 0.2) is 5.43 Å². The number of amides is 1. The maximum absolute atomic E-state index is 12.2. The van der Waals surface area contributed by atoms with Crippen LogP contribution in [0.5, 0.6) is 0 Å². The molecule has 0 radical (unpaired) electrons. The molecule has 0 aliphatic heterocycles. The minimum atomic E-state index is -0.0325. The number of thioether (sulfide) groups is 1. The Morgan fingerprint density at radius 1 is 1.15 bits per heavy atom. The predicted molar refractivity (Wildman–Crippen MR) is 110 cm³/mol. The van der Waals surface area contributed by atoms with Crippen LogP contribution in [-0.4, -0.2) is 16.6 Å². The average molecular weight is 366 g/mol. The summed E-state index contributed by atoms with van der Waals surface area (Å²) in [6, 6.07) is 15.2. The number of fused-ring (bicyclic) bond motifs is 1. The molecule has 0 atom stereocenters. The van der Waals surface area contributed by atoms with Gasteiger partial charge in [-0.2, -0.15) is 0 Å². The first-order valence-electron chi connectivity index (χ1n) is 8.65. The lowest BCUT2D eigenvalue weighted by molar-refractivity contribution is -0.113. The molecule has 0 saturated carbocycles. The fraction of sp³-hybridized carbons (Fsp3) is 0.238. The van der Waals surface area contributed by atoms with Crippen LogP contribution in [0.25, 0.3) is 10.9 Å². The van der Waals surface area contributed by atoms with Crippen molar-refractivity contribution in [2.24, 2.45) is 0 Å². The quantitative estimate of drug-likeness (QED) is 0.685. The van der Waals surface area contributed by atoms with E-state index >= 15 is 0 Å². The number of para-hydroxylation sites is 1. The molecule has 1 amide bonds. The third-order valence-electron chi connectivity index (χ3n) is 4.20. The minimum Gasteiger partial charge on any atom is -0.357 e. The molecule has 0 fully saturated rings. The topological polar surface area (TPSA) is 62.0 Å². The Bertz CT molecular complexity index is 995. The molecule has 5 heteroatoms. The molecule has 0 unspecified atom stereocenters. The summed E-state index contributed by atoms with van der Waals surface area (Å²) in [5.41, 5.74) is 4.78. The predicted octanol–water partition coefficient (Wildman–Crippen LogP) is 4.27. The summed E-state index contributed by atoms with van der Waals surface area (Å²) in [7, 11) is 0. The van der Waals surface area contributed by atoms with Gasteiger partial charge in [0, 0.05) is 34.1 Å². The normalized spacial score (nSPS) is 10.8.